The first-order valence-corrected chi connectivity index (χ1v) is 7.18. The Labute approximate surface area is 139 Å². The highest BCUT2D eigenvalue weighted by molar-refractivity contribution is 14.0. The van der Waals surface area contributed by atoms with Crippen molar-refractivity contribution in [3.8, 4) is 0 Å². The third kappa shape index (κ3) is 8.06. The molecule has 0 aliphatic carbocycles. The summed E-state index contributed by atoms with van der Waals surface area (Å²) in [6, 6.07) is 0.470. The molecule has 118 valence electrons. The molecule has 1 aliphatic heterocycles. The molecule has 1 saturated heterocycles. The maximum atomic E-state index is 8.83. The van der Waals surface area contributed by atoms with Crippen LogP contribution in [0.25, 0.3) is 0 Å². The van der Waals surface area contributed by atoms with E-state index in [0.29, 0.717) is 12.6 Å². The average Bonchev–Trinajstić information content (AvgIpc) is 2.38. The molecule has 0 atom stereocenters. The molecule has 0 spiro atoms. The van der Waals surface area contributed by atoms with Crippen LogP contribution in [-0.4, -0.2) is 61.3 Å². The van der Waals surface area contributed by atoms with E-state index in [2.05, 4.69) is 34.0 Å². The lowest BCUT2D eigenvalue weighted by atomic mass is 10.0. The minimum atomic E-state index is 0. The van der Waals surface area contributed by atoms with Crippen molar-refractivity contribution in [2.24, 2.45) is 4.99 Å². The third-order valence-corrected chi connectivity index (χ3v) is 3.14. The van der Waals surface area contributed by atoms with E-state index >= 15 is 0 Å². The monoisotopic (exact) mass is 396 g/mol. The lowest BCUT2D eigenvalue weighted by Crippen LogP contribution is -2.49. The predicted octanol–water partition coefficient (Wildman–Crippen LogP) is 1.19. The fraction of sp³-hybridized carbons (Fsp3) is 0.786. The summed E-state index contributed by atoms with van der Waals surface area (Å²) in [5.41, 5.74) is 1.23. The van der Waals surface area contributed by atoms with E-state index in [4.69, 9.17) is 5.11 Å². The van der Waals surface area contributed by atoms with Crippen molar-refractivity contribution in [1.29, 1.82) is 0 Å². The molecule has 1 heterocycles. The van der Waals surface area contributed by atoms with Crippen molar-refractivity contribution in [3.63, 3.8) is 0 Å². The molecule has 6 heteroatoms. The van der Waals surface area contributed by atoms with Gasteiger partial charge in [0.05, 0.1) is 13.2 Å². The quantitative estimate of drug-likeness (QED) is 0.273. The van der Waals surface area contributed by atoms with E-state index < -0.39 is 0 Å². The van der Waals surface area contributed by atoms with Gasteiger partial charge in [0, 0.05) is 32.2 Å². The zero-order chi connectivity index (χ0) is 14.1. The van der Waals surface area contributed by atoms with Crippen LogP contribution in [0.3, 0.4) is 0 Å². The standard InChI is InChI=1S/C14H28N4O.HI/c1-4-15-14(16-7-10-19)17-13-5-8-18(9-6-13)11-12(2)3;/h13,19H,2,4-11H2,1,3H3,(H2,15,16,17);1H. The molecule has 0 aromatic carbocycles. The lowest BCUT2D eigenvalue weighted by molar-refractivity contribution is 0.221. The zero-order valence-corrected chi connectivity index (χ0v) is 15.0. The first-order chi connectivity index (χ1) is 9.15. The summed E-state index contributed by atoms with van der Waals surface area (Å²) in [5, 5.41) is 15.5. The summed E-state index contributed by atoms with van der Waals surface area (Å²) in [4.78, 5) is 6.75. The Balaban J connectivity index is 0.00000361. The second-order valence-electron chi connectivity index (χ2n) is 5.14. The van der Waals surface area contributed by atoms with Crippen LogP contribution in [0.1, 0.15) is 26.7 Å². The van der Waals surface area contributed by atoms with Gasteiger partial charge in [-0.2, -0.15) is 0 Å². The van der Waals surface area contributed by atoms with Gasteiger partial charge in [-0.1, -0.05) is 12.2 Å². The van der Waals surface area contributed by atoms with Gasteiger partial charge >= 0.3 is 0 Å². The van der Waals surface area contributed by atoms with Crippen LogP contribution in [0.5, 0.6) is 0 Å². The van der Waals surface area contributed by atoms with Crippen molar-refractivity contribution in [3.05, 3.63) is 12.2 Å². The molecule has 3 N–H and O–H groups in total. The van der Waals surface area contributed by atoms with Crippen molar-refractivity contribution in [1.82, 2.24) is 15.5 Å². The van der Waals surface area contributed by atoms with Gasteiger partial charge in [-0.3, -0.25) is 9.89 Å². The second kappa shape index (κ2) is 11.3. The van der Waals surface area contributed by atoms with E-state index in [0.717, 1.165) is 45.0 Å². The Morgan fingerprint density at radius 2 is 2.05 bits per heavy atom. The molecule has 0 unspecified atom stereocenters. The number of piperidine rings is 1. The van der Waals surface area contributed by atoms with Gasteiger partial charge in [-0.25, -0.2) is 0 Å². The molecule has 0 aromatic rings. The Hall–Kier alpha value is -0.340. The fourth-order valence-corrected chi connectivity index (χ4v) is 2.29. The van der Waals surface area contributed by atoms with E-state index in [1.54, 1.807) is 0 Å². The topological polar surface area (TPSA) is 59.9 Å². The molecule has 1 rings (SSSR count). The molecular weight excluding hydrogens is 367 g/mol. The number of likely N-dealkylation sites (tertiary alicyclic amines) is 1. The predicted molar refractivity (Wildman–Crippen MR) is 95.9 cm³/mol. The number of guanidine groups is 1. The summed E-state index contributed by atoms with van der Waals surface area (Å²) in [6.45, 7) is 12.7. The van der Waals surface area contributed by atoms with Gasteiger partial charge in [0.2, 0.25) is 0 Å². The van der Waals surface area contributed by atoms with Gasteiger partial charge in [0.1, 0.15) is 0 Å². The molecule has 20 heavy (non-hydrogen) atoms. The van der Waals surface area contributed by atoms with E-state index in [9.17, 15) is 0 Å². The normalized spacial score (nSPS) is 17.4. The second-order valence-corrected chi connectivity index (χ2v) is 5.14. The number of halogens is 1. The number of nitrogens with zero attached hydrogens (tertiary/aromatic N) is 2. The number of hydrogen-bond acceptors (Lipinski definition) is 3. The van der Waals surface area contributed by atoms with Crippen molar-refractivity contribution >= 4 is 29.9 Å². The fourth-order valence-electron chi connectivity index (χ4n) is 2.29. The molecule has 0 bridgehead atoms. The Morgan fingerprint density at radius 1 is 1.40 bits per heavy atom. The largest absolute Gasteiger partial charge is 0.394 e. The number of aliphatic hydroxyl groups excluding tert-OH is 1. The van der Waals surface area contributed by atoms with Crippen LogP contribution >= 0.6 is 24.0 Å². The molecule has 1 fully saturated rings. The smallest absolute Gasteiger partial charge is 0.191 e. The highest BCUT2D eigenvalue weighted by Gasteiger charge is 2.19. The first-order valence-electron chi connectivity index (χ1n) is 7.18. The number of hydrogen-bond donors (Lipinski definition) is 3. The summed E-state index contributed by atoms with van der Waals surface area (Å²) in [6.07, 6.45) is 2.24. The maximum Gasteiger partial charge on any atom is 0.191 e. The molecule has 0 aromatic heterocycles. The Kier molecular flexibility index (Phi) is 11.1. The van der Waals surface area contributed by atoms with Gasteiger partial charge in [0.25, 0.3) is 0 Å². The van der Waals surface area contributed by atoms with Crippen molar-refractivity contribution < 1.29 is 5.11 Å². The van der Waals surface area contributed by atoms with Crippen LogP contribution in [0.15, 0.2) is 17.1 Å². The zero-order valence-electron chi connectivity index (χ0n) is 12.7. The highest BCUT2D eigenvalue weighted by Crippen LogP contribution is 2.11. The number of rotatable bonds is 6. The number of aliphatic hydroxyl groups is 1. The maximum absolute atomic E-state index is 8.83. The summed E-state index contributed by atoms with van der Waals surface area (Å²) in [7, 11) is 0. The lowest BCUT2D eigenvalue weighted by Gasteiger charge is -2.33. The van der Waals surface area contributed by atoms with E-state index in [-0.39, 0.29) is 30.6 Å². The summed E-state index contributed by atoms with van der Waals surface area (Å²) < 4.78 is 0. The Bertz CT molecular complexity index is 302. The molecule has 0 saturated carbocycles. The molecule has 5 nitrogen and oxygen atoms in total. The van der Waals surface area contributed by atoms with Crippen LogP contribution in [0.4, 0.5) is 0 Å². The summed E-state index contributed by atoms with van der Waals surface area (Å²) >= 11 is 0. The number of aliphatic imine (C=N–C) groups is 1. The van der Waals surface area contributed by atoms with E-state index in [1.165, 1.54) is 5.57 Å². The van der Waals surface area contributed by atoms with Crippen molar-refractivity contribution in [2.75, 3.05) is 39.3 Å². The molecule has 1 aliphatic rings. The van der Waals surface area contributed by atoms with Gasteiger partial charge < -0.3 is 15.7 Å². The van der Waals surface area contributed by atoms with Crippen LogP contribution in [0.2, 0.25) is 0 Å². The minimum Gasteiger partial charge on any atom is -0.394 e. The first kappa shape index (κ1) is 19.7. The van der Waals surface area contributed by atoms with Crippen LogP contribution in [0, 0.1) is 0 Å². The van der Waals surface area contributed by atoms with Crippen LogP contribution < -0.4 is 10.6 Å². The number of nitrogens with one attached hydrogen (secondary N) is 2. The van der Waals surface area contributed by atoms with Gasteiger partial charge in [-0.05, 0) is 26.7 Å². The average molecular weight is 396 g/mol. The molecule has 0 radical (unpaired) electrons. The summed E-state index contributed by atoms with van der Waals surface area (Å²) in [5.74, 6) is 0.815. The van der Waals surface area contributed by atoms with Gasteiger partial charge in [-0.15, -0.1) is 24.0 Å². The van der Waals surface area contributed by atoms with Crippen molar-refractivity contribution in [2.45, 2.75) is 32.7 Å². The third-order valence-electron chi connectivity index (χ3n) is 3.14. The highest BCUT2D eigenvalue weighted by atomic mass is 127. The van der Waals surface area contributed by atoms with Crippen LogP contribution in [-0.2, 0) is 0 Å². The molecular formula is C14H29IN4O. The Morgan fingerprint density at radius 3 is 2.55 bits per heavy atom. The van der Waals surface area contributed by atoms with E-state index in [1.807, 2.05) is 6.92 Å². The SMILES string of the molecule is C=C(C)CN1CCC(NC(=NCCO)NCC)CC1.I. The minimum absolute atomic E-state index is 0. The molecule has 0 amide bonds. The van der Waals surface area contributed by atoms with Gasteiger partial charge in [0.15, 0.2) is 5.96 Å².